The molecule has 0 aromatic carbocycles. The minimum absolute atomic E-state index is 0.389. The van der Waals surface area contributed by atoms with Crippen molar-refractivity contribution in [1.29, 1.82) is 0 Å². The Kier molecular flexibility index (Phi) is 4.86. The van der Waals surface area contributed by atoms with Gasteiger partial charge in [-0.25, -0.2) is 0 Å². The van der Waals surface area contributed by atoms with Crippen LogP contribution in [0.3, 0.4) is 0 Å². The van der Waals surface area contributed by atoms with Gasteiger partial charge in [-0.15, -0.1) is 0 Å². The molecule has 2 heterocycles. The van der Waals surface area contributed by atoms with Crippen molar-refractivity contribution in [2.45, 2.75) is 31.5 Å². The van der Waals surface area contributed by atoms with Gasteiger partial charge in [0.25, 0.3) is 0 Å². The fourth-order valence-electron chi connectivity index (χ4n) is 1.34. The number of hydrogen-bond donors (Lipinski definition) is 0. The molecular weight excluding hydrogens is 196 g/mol. The lowest BCUT2D eigenvalue weighted by Crippen LogP contribution is -2.05. The first kappa shape index (κ1) is 11.3. The Morgan fingerprint density at radius 2 is 1.53 bits per heavy atom. The molecule has 0 aromatic heterocycles. The zero-order valence-corrected chi connectivity index (χ0v) is 9.15. The predicted molar refractivity (Wildman–Crippen MR) is 55.0 cm³/mol. The summed E-state index contributed by atoms with van der Waals surface area (Å²) in [5.41, 5.74) is 0. The zero-order valence-electron chi connectivity index (χ0n) is 9.15. The van der Waals surface area contributed by atoms with Crippen LogP contribution in [0.4, 0.5) is 0 Å². The van der Waals surface area contributed by atoms with Gasteiger partial charge in [0, 0.05) is 19.8 Å². The van der Waals surface area contributed by atoms with E-state index >= 15 is 0 Å². The van der Waals surface area contributed by atoms with Crippen molar-refractivity contribution in [3.63, 3.8) is 0 Å². The molecule has 15 heavy (non-hydrogen) atoms. The molecule has 0 saturated carbocycles. The van der Waals surface area contributed by atoms with E-state index in [1.165, 1.54) is 0 Å². The van der Waals surface area contributed by atoms with Gasteiger partial charge < -0.3 is 18.9 Å². The van der Waals surface area contributed by atoms with E-state index in [0.717, 1.165) is 58.9 Å². The molecular formula is C11H20O4. The van der Waals surface area contributed by atoms with E-state index in [1.807, 2.05) is 0 Å². The molecule has 0 bridgehead atoms. The summed E-state index contributed by atoms with van der Waals surface area (Å²) in [7, 11) is 0. The summed E-state index contributed by atoms with van der Waals surface area (Å²) in [6.07, 6.45) is 4.09. The van der Waals surface area contributed by atoms with Crippen LogP contribution in [0.2, 0.25) is 0 Å². The molecule has 0 aromatic rings. The van der Waals surface area contributed by atoms with Crippen LogP contribution >= 0.6 is 0 Å². The molecule has 4 nitrogen and oxygen atoms in total. The van der Waals surface area contributed by atoms with Crippen LogP contribution in [0.25, 0.3) is 0 Å². The second-order valence-electron chi connectivity index (χ2n) is 4.09. The first-order valence-corrected chi connectivity index (χ1v) is 5.84. The lowest BCUT2D eigenvalue weighted by molar-refractivity contribution is 0.0919. The summed E-state index contributed by atoms with van der Waals surface area (Å²) >= 11 is 0. The van der Waals surface area contributed by atoms with Gasteiger partial charge in [0.2, 0.25) is 0 Å². The van der Waals surface area contributed by atoms with Gasteiger partial charge in [-0.05, 0) is 19.3 Å². The second kappa shape index (κ2) is 6.43. The third-order valence-electron chi connectivity index (χ3n) is 2.52. The number of hydrogen-bond acceptors (Lipinski definition) is 4. The summed E-state index contributed by atoms with van der Waals surface area (Å²) in [5, 5.41) is 0. The lowest BCUT2D eigenvalue weighted by Gasteiger charge is -2.03. The van der Waals surface area contributed by atoms with E-state index in [2.05, 4.69) is 0 Å². The Bertz CT molecular complexity index is 148. The number of epoxide rings is 2. The maximum absolute atomic E-state index is 5.46. The Labute approximate surface area is 90.8 Å². The van der Waals surface area contributed by atoms with Crippen molar-refractivity contribution in [1.82, 2.24) is 0 Å². The van der Waals surface area contributed by atoms with E-state index < -0.39 is 0 Å². The van der Waals surface area contributed by atoms with Crippen molar-refractivity contribution in [3.8, 4) is 0 Å². The number of ether oxygens (including phenoxy) is 4. The first-order valence-electron chi connectivity index (χ1n) is 5.84. The molecule has 0 radical (unpaired) electrons. The molecule has 0 aliphatic carbocycles. The average molecular weight is 216 g/mol. The maximum Gasteiger partial charge on any atom is 0.104 e. The summed E-state index contributed by atoms with van der Waals surface area (Å²) in [6, 6.07) is 0. The third-order valence-corrected chi connectivity index (χ3v) is 2.52. The monoisotopic (exact) mass is 216 g/mol. The predicted octanol–water partition coefficient (Wildman–Crippen LogP) is 0.988. The topological polar surface area (TPSA) is 43.5 Å². The van der Waals surface area contributed by atoms with Crippen LogP contribution < -0.4 is 0 Å². The Morgan fingerprint density at radius 3 is 2.20 bits per heavy atom. The molecule has 88 valence electrons. The third kappa shape index (κ3) is 6.10. The fourth-order valence-corrected chi connectivity index (χ4v) is 1.34. The fraction of sp³-hybridized carbons (Fsp3) is 1.00. The molecule has 2 atom stereocenters. The van der Waals surface area contributed by atoms with Crippen molar-refractivity contribution in [2.75, 3.05) is 39.6 Å². The minimum Gasteiger partial charge on any atom is -0.381 e. The molecule has 0 amide bonds. The van der Waals surface area contributed by atoms with Crippen molar-refractivity contribution < 1.29 is 18.9 Å². The molecule has 0 N–H and O–H groups in total. The highest BCUT2D eigenvalue weighted by Crippen LogP contribution is 2.12. The first-order chi connectivity index (χ1) is 7.45. The van der Waals surface area contributed by atoms with Gasteiger partial charge in [-0.1, -0.05) is 0 Å². The molecule has 2 saturated heterocycles. The minimum atomic E-state index is 0.389. The van der Waals surface area contributed by atoms with Crippen molar-refractivity contribution in [3.05, 3.63) is 0 Å². The van der Waals surface area contributed by atoms with Crippen molar-refractivity contribution >= 4 is 0 Å². The maximum atomic E-state index is 5.46. The van der Waals surface area contributed by atoms with Gasteiger partial charge in [0.1, 0.15) is 6.10 Å². The summed E-state index contributed by atoms with van der Waals surface area (Å²) in [5.74, 6) is 0. The average Bonchev–Trinajstić information content (AvgIpc) is 3.10. The highest BCUT2D eigenvalue weighted by Gasteiger charge is 2.22. The molecule has 2 rings (SSSR count). The Morgan fingerprint density at radius 1 is 0.867 bits per heavy atom. The van der Waals surface area contributed by atoms with Crippen LogP contribution in [0.15, 0.2) is 0 Å². The van der Waals surface area contributed by atoms with Gasteiger partial charge in [0.15, 0.2) is 0 Å². The number of rotatable bonds is 10. The van der Waals surface area contributed by atoms with Crippen molar-refractivity contribution in [2.24, 2.45) is 0 Å². The lowest BCUT2D eigenvalue weighted by atomic mass is 10.3. The van der Waals surface area contributed by atoms with Crippen LogP contribution in [0, 0.1) is 0 Å². The molecule has 0 spiro atoms. The van der Waals surface area contributed by atoms with Crippen LogP contribution in [0.5, 0.6) is 0 Å². The standard InChI is InChI=1S/C11H20O4/c1(2-5-13-7-11-9-15-11)4-12-6-3-10-8-14-10/h10-11H,1-9H2/t10-,11-/m1/s1. The highest BCUT2D eigenvalue weighted by molar-refractivity contribution is 4.68. The van der Waals surface area contributed by atoms with E-state index in [0.29, 0.717) is 12.2 Å². The second-order valence-corrected chi connectivity index (χ2v) is 4.09. The molecule has 0 unspecified atom stereocenters. The molecule has 2 aliphatic rings. The Balaban J connectivity index is 1.23. The van der Waals surface area contributed by atoms with E-state index in [1.54, 1.807) is 0 Å². The van der Waals surface area contributed by atoms with E-state index in [4.69, 9.17) is 18.9 Å². The van der Waals surface area contributed by atoms with E-state index in [9.17, 15) is 0 Å². The van der Waals surface area contributed by atoms with Gasteiger partial charge in [-0.2, -0.15) is 0 Å². The van der Waals surface area contributed by atoms with Crippen LogP contribution in [0.1, 0.15) is 19.3 Å². The number of unbranched alkanes of at least 4 members (excludes halogenated alkanes) is 1. The smallest absolute Gasteiger partial charge is 0.104 e. The SMILES string of the molecule is C(CCOC[C@@H]1CO1)COCC[C@@H]1CO1. The molecule has 2 aliphatic heterocycles. The zero-order chi connectivity index (χ0) is 10.3. The van der Waals surface area contributed by atoms with Gasteiger partial charge >= 0.3 is 0 Å². The van der Waals surface area contributed by atoms with Crippen LogP contribution in [-0.4, -0.2) is 51.8 Å². The van der Waals surface area contributed by atoms with E-state index in [-0.39, 0.29) is 0 Å². The summed E-state index contributed by atoms with van der Waals surface area (Å²) in [6.45, 7) is 5.08. The normalized spacial score (nSPS) is 28.0. The Hall–Kier alpha value is -0.160. The summed E-state index contributed by atoms with van der Waals surface area (Å²) in [4.78, 5) is 0. The quantitative estimate of drug-likeness (QED) is 0.403. The van der Waals surface area contributed by atoms with Crippen LogP contribution in [-0.2, 0) is 18.9 Å². The molecule has 4 heteroatoms. The molecule has 2 fully saturated rings. The largest absolute Gasteiger partial charge is 0.381 e. The highest BCUT2D eigenvalue weighted by atomic mass is 16.6. The van der Waals surface area contributed by atoms with Gasteiger partial charge in [0.05, 0.1) is 25.9 Å². The summed E-state index contributed by atoms with van der Waals surface area (Å²) < 4.78 is 21.0. The van der Waals surface area contributed by atoms with Gasteiger partial charge in [-0.3, -0.25) is 0 Å².